The maximum absolute atomic E-state index is 13.2. The number of hydrogen-bond acceptors (Lipinski definition) is 3. The molecule has 120 valence electrons. The highest BCUT2D eigenvalue weighted by Crippen LogP contribution is 2.14. The Bertz CT molecular complexity index is 536. The normalized spacial score (nSPS) is 18.5. The van der Waals surface area contributed by atoms with E-state index >= 15 is 0 Å². The van der Waals surface area contributed by atoms with Gasteiger partial charge in [0.2, 0.25) is 0 Å². The smallest absolute Gasteiger partial charge is 0.312 e. The van der Waals surface area contributed by atoms with Crippen LogP contribution in [-0.4, -0.2) is 42.4 Å². The molecule has 1 heterocycles. The number of carbonyl (C=O) groups excluding carboxylic acids is 2. The van der Waals surface area contributed by atoms with Gasteiger partial charge in [-0.15, -0.1) is 0 Å². The minimum atomic E-state index is -0.561. The number of halogens is 1. The van der Waals surface area contributed by atoms with Crippen LogP contribution >= 0.6 is 0 Å². The first kappa shape index (κ1) is 16.4. The third-order valence-electron chi connectivity index (χ3n) is 3.92. The SMILES string of the molecule is NCCCC[C@H]1CNC(=O)C(=O)N1CCc1cccc(F)c1. The Labute approximate surface area is 129 Å². The molecule has 1 aliphatic heterocycles. The van der Waals surface area contributed by atoms with E-state index in [1.165, 1.54) is 12.1 Å². The molecule has 0 saturated carbocycles. The molecule has 6 heteroatoms. The van der Waals surface area contributed by atoms with Crippen molar-refractivity contribution in [3.8, 4) is 0 Å². The van der Waals surface area contributed by atoms with Gasteiger partial charge in [0, 0.05) is 19.1 Å². The highest BCUT2D eigenvalue weighted by atomic mass is 19.1. The molecule has 22 heavy (non-hydrogen) atoms. The van der Waals surface area contributed by atoms with E-state index in [4.69, 9.17) is 5.73 Å². The van der Waals surface area contributed by atoms with Crippen molar-refractivity contribution < 1.29 is 14.0 Å². The fourth-order valence-electron chi connectivity index (χ4n) is 2.70. The Hall–Kier alpha value is -1.95. The quantitative estimate of drug-likeness (QED) is 0.578. The number of piperazine rings is 1. The third-order valence-corrected chi connectivity index (χ3v) is 3.92. The molecule has 0 aliphatic carbocycles. The first-order valence-corrected chi connectivity index (χ1v) is 7.65. The lowest BCUT2D eigenvalue weighted by Crippen LogP contribution is -2.58. The third kappa shape index (κ3) is 4.27. The summed E-state index contributed by atoms with van der Waals surface area (Å²) in [5.74, 6) is -1.35. The molecule has 0 spiro atoms. The zero-order valence-electron chi connectivity index (χ0n) is 12.6. The summed E-state index contributed by atoms with van der Waals surface area (Å²) in [5.41, 5.74) is 6.31. The van der Waals surface area contributed by atoms with Crippen molar-refractivity contribution in [2.24, 2.45) is 5.73 Å². The average Bonchev–Trinajstić information content (AvgIpc) is 2.50. The van der Waals surface area contributed by atoms with Crippen molar-refractivity contribution in [2.75, 3.05) is 19.6 Å². The maximum atomic E-state index is 13.2. The predicted octanol–water partition coefficient (Wildman–Crippen LogP) is 0.824. The number of hydrogen-bond donors (Lipinski definition) is 2. The standard InChI is InChI=1S/C16H22FN3O2/c17-13-5-3-4-12(10-13)7-9-20-14(6-1-2-8-18)11-19-15(21)16(20)22/h3-5,10,14H,1-2,6-9,11,18H2,(H,19,21)/t14-/m0/s1. The summed E-state index contributed by atoms with van der Waals surface area (Å²) in [6.45, 7) is 1.51. The molecule has 1 aromatic rings. The van der Waals surface area contributed by atoms with Gasteiger partial charge in [-0.2, -0.15) is 0 Å². The fraction of sp³-hybridized carbons (Fsp3) is 0.500. The molecule has 0 unspecified atom stereocenters. The average molecular weight is 307 g/mol. The molecule has 3 N–H and O–H groups in total. The lowest BCUT2D eigenvalue weighted by Gasteiger charge is -2.35. The Morgan fingerprint density at radius 2 is 2.14 bits per heavy atom. The number of amides is 2. The summed E-state index contributed by atoms with van der Waals surface area (Å²) in [4.78, 5) is 25.2. The Kier molecular flexibility index (Phi) is 5.89. The van der Waals surface area contributed by atoms with Gasteiger partial charge in [0.1, 0.15) is 5.82 Å². The van der Waals surface area contributed by atoms with Gasteiger partial charge >= 0.3 is 11.8 Å². The van der Waals surface area contributed by atoms with Gasteiger partial charge in [-0.25, -0.2) is 4.39 Å². The molecule has 2 rings (SSSR count). The van der Waals surface area contributed by atoms with E-state index in [1.807, 2.05) is 6.07 Å². The zero-order chi connectivity index (χ0) is 15.9. The summed E-state index contributed by atoms with van der Waals surface area (Å²) in [7, 11) is 0. The van der Waals surface area contributed by atoms with Crippen LogP contribution in [0.5, 0.6) is 0 Å². The van der Waals surface area contributed by atoms with Gasteiger partial charge in [-0.3, -0.25) is 9.59 Å². The van der Waals surface area contributed by atoms with Crippen LogP contribution in [0.1, 0.15) is 24.8 Å². The van der Waals surface area contributed by atoms with Crippen molar-refractivity contribution in [3.05, 3.63) is 35.6 Å². The maximum Gasteiger partial charge on any atom is 0.312 e. The molecule has 1 fully saturated rings. The van der Waals surface area contributed by atoms with E-state index in [2.05, 4.69) is 5.32 Å². The zero-order valence-corrected chi connectivity index (χ0v) is 12.6. The molecule has 5 nitrogen and oxygen atoms in total. The molecule has 1 saturated heterocycles. The van der Waals surface area contributed by atoms with Gasteiger partial charge < -0.3 is 16.0 Å². The van der Waals surface area contributed by atoms with Crippen molar-refractivity contribution in [1.82, 2.24) is 10.2 Å². The van der Waals surface area contributed by atoms with Gasteiger partial charge in [0.15, 0.2) is 0 Å². The van der Waals surface area contributed by atoms with E-state index < -0.39 is 11.8 Å². The molecule has 1 aliphatic rings. The first-order chi connectivity index (χ1) is 10.6. The lowest BCUT2D eigenvalue weighted by atomic mass is 10.0. The monoisotopic (exact) mass is 307 g/mol. The fourth-order valence-corrected chi connectivity index (χ4v) is 2.70. The second-order valence-electron chi connectivity index (χ2n) is 5.53. The molecule has 0 bridgehead atoms. The van der Waals surface area contributed by atoms with Crippen LogP contribution in [0.4, 0.5) is 4.39 Å². The van der Waals surface area contributed by atoms with Crippen LogP contribution in [0.3, 0.4) is 0 Å². The van der Waals surface area contributed by atoms with Crippen LogP contribution < -0.4 is 11.1 Å². The number of nitrogens with one attached hydrogen (secondary N) is 1. The molecule has 1 atom stereocenters. The number of rotatable bonds is 7. The van der Waals surface area contributed by atoms with Gasteiger partial charge in [-0.05, 0) is 43.5 Å². The molecule has 1 aromatic carbocycles. The number of nitrogens with two attached hydrogens (primary N) is 1. The summed E-state index contributed by atoms with van der Waals surface area (Å²) < 4.78 is 13.2. The van der Waals surface area contributed by atoms with Crippen molar-refractivity contribution in [2.45, 2.75) is 31.7 Å². The van der Waals surface area contributed by atoms with Crippen molar-refractivity contribution >= 4 is 11.8 Å². The number of carbonyl (C=O) groups is 2. The van der Waals surface area contributed by atoms with E-state index in [-0.39, 0.29) is 11.9 Å². The molecular weight excluding hydrogens is 285 g/mol. The van der Waals surface area contributed by atoms with Crippen molar-refractivity contribution in [1.29, 1.82) is 0 Å². The highest BCUT2D eigenvalue weighted by molar-refractivity contribution is 6.35. The van der Waals surface area contributed by atoms with Gasteiger partial charge in [0.05, 0.1) is 0 Å². The van der Waals surface area contributed by atoms with Crippen LogP contribution in [0.25, 0.3) is 0 Å². The molecule has 2 amide bonds. The second-order valence-corrected chi connectivity index (χ2v) is 5.53. The van der Waals surface area contributed by atoms with Gasteiger partial charge in [0.25, 0.3) is 0 Å². The van der Waals surface area contributed by atoms with Crippen LogP contribution in [0, 0.1) is 5.82 Å². The van der Waals surface area contributed by atoms with Crippen molar-refractivity contribution in [3.63, 3.8) is 0 Å². The summed E-state index contributed by atoms with van der Waals surface area (Å²) in [6, 6.07) is 6.30. The van der Waals surface area contributed by atoms with Crippen LogP contribution in [0.15, 0.2) is 24.3 Å². The predicted molar refractivity (Wildman–Crippen MR) is 81.5 cm³/mol. The Morgan fingerprint density at radius 3 is 2.86 bits per heavy atom. The van der Waals surface area contributed by atoms with E-state index in [1.54, 1.807) is 11.0 Å². The van der Waals surface area contributed by atoms with Crippen LogP contribution in [0.2, 0.25) is 0 Å². The molecule has 0 aromatic heterocycles. The van der Waals surface area contributed by atoms with Gasteiger partial charge in [-0.1, -0.05) is 18.6 Å². The minimum absolute atomic E-state index is 0.00897. The summed E-state index contributed by atoms with van der Waals surface area (Å²) in [6.07, 6.45) is 3.16. The Balaban J connectivity index is 1.98. The largest absolute Gasteiger partial charge is 0.346 e. The molecule has 0 radical (unpaired) electrons. The summed E-state index contributed by atoms with van der Waals surface area (Å²) >= 11 is 0. The topological polar surface area (TPSA) is 75.4 Å². The second kappa shape index (κ2) is 7.89. The van der Waals surface area contributed by atoms with Crippen LogP contribution in [-0.2, 0) is 16.0 Å². The van der Waals surface area contributed by atoms with E-state index in [0.29, 0.717) is 26.1 Å². The Morgan fingerprint density at radius 1 is 1.32 bits per heavy atom. The number of nitrogens with zero attached hydrogens (tertiary/aromatic N) is 1. The highest BCUT2D eigenvalue weighted by Gasteiger charge is 2.32. The minimum Gasteiger partial charge on any atom is -0.346 e. The number of unbranched alkanes of at least 4 members (excludes halogenated alkanes) is 1. The van der Waals surface area contributed by atoms with E-state index in [0.717, 1.165) is 24.8 Å². The first-order valence-electron chi connectivity index (χ1n) is 7.65. The summed E-state index contributed by atoms with van der Waals surface area (Å²) in [5, 5.41) is 2.62. The van der Waals surface area contributed by atoms with E-state index in [9.17, 15) is 14.0 Å². The number of benzene rings is 1. The lowest BCUT2D eigenvalue weighted by molar-refractivity contribution is -0.150. The molecular formula is C16H22FN3O2.